The molecule has 9 heteroatoms. The van der Waals surface area contributed by atoms with Crippen LogP contribution in [0.1, 0.15) is 25.7 Å². The van der Waals surface area contributed by atoms with Gasteiger partial charge >= 0.3 is 6.03 Å². The molecule has 3 rings (SSSR count). The molecule has 30 heavy (non-hydrogen) atoms. The average Bonchev–Trinajstić information content (AvgIpc) is 3.28. The summed E-state index contributed by atoms with van der Waals surface area (Å²) in [6.45, 7) is 0.600. The largest absolute Gasteiger partial charge is 0.328 e. The SMILES string of the molecule is O=C(CCCCC(NC(=O)N1CC=CS1)Sc1ccc(Cl)cc1)Nc1ccccn1. The van der Waals surface area contributed by atoms with Crippen molar-refractivity contribution in [2.75, 3.05) is 11.9 Å². The van der Waals surface area contributed by atoms with Crippen LogP contribution in [0.15, 0.2) is 65.0 Å². The average molecular weight is 463 g/mol. The second-order valence-electron chi connectivity index (χ2n) is 6.56. The highest BCUT2D eigenvalue weighted by atomic mass is 35.5. The van der Waals surface area contributed by atoms with Gasteiger partial charge in [-0.25, -0.2) is 9.78 Å². The first kappa shape index (κ1) is 22.5. The van der Waals surface area contributed by atoms with Crippen LogP contribution >= 0.6 is 35.3 Å². The monoisotopic (exact) mass is 462 g/mol. The number of thioether (sulfide) groups is 1. The number of nitrogens with one attached hydrogen (secondary N) is 2. The summed E-state index contributed by atoms with van der Waals surface area (Å²) in [5.41, 5.74) is 0. The maximum absolute atomic E-state index is 12.5. The summed E-state index contributed by atoms with van der Waals surface area (Å²) in [4.78, 5) is 29.7. The molecule has 0 spiro atoms. The fourth-order valence-electron chi connectivity index (χ4n) is 2.73. The standard InChI is InChI=1S/C21H23ClN4O2S2/c22-16-9-11-17(12-10-16)30-20(25-21(28)26-14-5-15-29-26)8-2-1-7-19(27)24-18-6-3-4-13-23-18/h3-6,9-13,15,20H,1-2,7-8,14H2,(H,25,28)(H,23,24,27). The van der Waals surface area contributed by atoms with E-state index in [1.807, 2.05) is 41.8 Å². The maximum Gasteiger partial charge on any atom is 0.328 e. The zero-order valence-electron chi connectivity index (χ0n) is 16.3. The van der Waals surface area contributed by atoms with Crippen LogP contribution in [0.4, 0.5) is 10.6 Å². The first-order valence-corrected chi connectivity index (χ1v) is 11.7. The number of hydrogen-bond acceptors (Lipinski definition) is 5. The third-order valence-electron chi connectivity index (χ3n) is 4.21. The van der Waals surface area contributed by atoms with Crippen LogP contribution in [0, 0.1) is 0 Å². The van der Waals surface area contributed by atoms with Crippen molar-refractivity contribution >= 4 is 53.1 Å². The molecular formula is C21H23ClN4O2S2. The van der Waals surface area contributed by atoms with E-state index in [1.165, 1.54) is 11.9 Å². The number of nitrogens with zero attached hydrogens (tertiary/aromatic N) is 2. The van der Waals surface area contributed by atoms with Crippen LogP contribution in [-0.2, 0) is 4.79 Å². The summed E-state index contributed by atoms with van der Waals surface area (Å²) in [5, 5.41) is 8.37. The second-order valence-corrected chi connectivity index (χ2v) is 9.19. The number of rotatable bonds is 9. The molecule has 1 aromatic carbocycles. The van der Waals surface area contributed by atoms with Crippen molar-refractivity contribution in [3.63, 3.8) is 0 Å². The Hall–Kier alpha value is -2.16. The molecular weight excluding hydrogens is 440 g/mol. The Balaban J connectivity index is 1.47. The molecule has 6 nitrogen and oxygen atoms in total. The molecule has 2 aromatic rings. The Labute approximate surface area is 190 Å². The predicted octanol–water partition coefficient (Wildman–Crippen LogP) is 5.54. The van der Waals surface area contributed by atoms with Gasteiger partial charge in [0.05, 0.1) is 11.9 Å². The van der Waals surface area contributed by atoms with Gasteiger partial charge < -0.3 is 10.6 Å². The van der Waals surface area contributed by atoms with E-state index in [0.717, 1.165) is 24.2 Å². The van der Waals surface area contributed by atoms with Crippen molar-refractivity contribution in [2.45, 2.75) is 36.0 Å². The van der Waals surface area contributed by atoms with Crippen LogP contribution in [0.5, 0.6) is 0 Å². The number of carbonyl (C=O) groups excluding carboxylic acids is 2. The smallest absolute Gasteiger partial charge is 0.325 e. The van der Waals surface area contributed by atoms with Gasteiger partial charge in [-0.2, -0.15) is 0 Å². The summed E-state index contributed by atoms with van der Waals surface area (Å²) in [6, 6.07) is 12.9. The Bertz CT molecular complexity index is 857. The fraction of sp³-hybridized carbons (Fsp3) is 0.286. The summed E-state index contributed by atoms with van der Waals surface area (Å²) in [6.07, 6.45) is 6.30. The van der Waals surface area contributed by atoms with Gasteiger partial charge in [-0.3, -0.25) is 9.10 Å². The van der Waals surface area contributed by atoms with Gasteiger partial charge in [-0.15, -0.1) is 11.8 Å². The number of aromatic nitrogens is 1. The zero-order chi connectivity index (χ0) is 21.2. The lowest BCUT2D eigenvalue weighted by Crippen LogP contribution is -2.39. The van der Waals surface area contributed by atoms with Crippen LogP contribution in [0.25, 0.3) is 0 Å². The van der Waals surface area contributed by atoms with E-state index in [1.54, 1.807) is 34.4 Å². The number of amides is 3. The molecule has 1 atom stereocenters. The molecule has 2 heterocycles. The molecule has 0 saturated carbocycles. The number of anilines is 1. The lowest BCUT2D eigenvalue weighted by molar-refractivity contribution is -0.116. The number of halogens is 1. The lowest BCUT2D eigenvalue weighted by atomic mass is 10.2. The third-order valence-corrected chi connectivity index (χ3v) is 6.53. The Kier molecular flexibility index (Phi) is 8.92. The topological polar surface area (TPSA) is 74.3 Å². The molecule has 0 bridgehead atoms. The summed E-state index contributed by atoms with van der Waals surface area (Å²) >= 11 is 8.95. The van der Waals surface area contributed by atoms with Crippen LogP contribution in [0.2, 0.25) is 5.02 Å². The van der Waals surface area contributed by atoms with E-state index in [0.29, 0.717) is 23.8 Å². The van der Waals surface area contributed by atoms with Crippen molar-refractivity contribution in [2.24, 2.45) is 0 Å². The van der Waals surface area contributed by atoms with Gasteiger partial charge in [0, 0.05) is 22.5 Å². The van der Waals surface area contributed by atoms with Gasteiger partial charge in [0.15, 0.2) is 0 Å². The number of unbranched alkanes of at least 4 members (excludes halogenated alkanes) is 1. The first-order chi connectivity index (χ1) is 14.6. The second kappa shape index (κ2) is 11.9. The fourth-order valence-corrected chi connectivity index (χ4v) is 4.57. The van der Waals surface area contributed by atoms with E-state index >= 15 is 0 Å². The number of pyridine rings is 1. The molecule has 0 aliphatic carbocycles. The number of urea groups is 1. The van der Waals surface area contributed by atoms with Gasteiger partial charge in [-0.05, 0) is 66.6 Å². The molecule has 1 unspecified atom stereocenters. The van der Waals surface area contributed by atoms with Crippen molar-refractivity contribution in [1.82, 2.24) is 14.6 Å². The van der Waals surface area contributed by atoms with Gasteiger partial charge in [0.1, 0.15) is 5.82 Å². The van der Waals surface area contributed by atoms with E-state index in [-0.39, 0.29) is 17.3 Å². The van der Waals surface area contributed by atoms with Gasteiger partial charge in [-0.1, -0.05) is 30.2 Å². The van der Waals surface area contributed by atoms with Crippen LogP contribution in [-0.4, -0.2) is 33.1 Å². The lowest BCUT2D eigenvalue weighted by Gasteiger charge is -2.22. The highest BCUT2D eigenvalue weighted by Crippen LogP contribution is 2.28. The minimum absolute atomic E-state index is 0.0563. The molecule has 158 valence electrons. The van der Waals surface area contributed by atoms with Crippen molar-refractivity contribution < 1.29 is 9.59 Å². The first-order valence-electron chi connectivity index (χ1n) is 9.63. The summed E-state index contributed by atoms with van der Waals surface area (Å²) < 4.78 is 1.68. The van der Waals surface area contributed by atoms with Crippen LogP contribution in [0.3, 0.4) is 0 Å². The van der Waals surface area contributed by atoms with E-state index in [4.69, 9.17) is 11.6 Å². The molecule has 0 radical (unpaired) electrons. The van der Waals surface area contributed by atoms with Gasteiger partial charge in [0.2, 0.25) is 5.91 Å². The van der Waals surface area contributed by atoms with Crippen molar-refractivity contribution in [1.29, 1.82) is 0 Å². The van der Waals surface area contributed by atoms with Crippen molar-refractivity contribution in [3.05, 3.63) is 65.2 Å². The van der Waals surface area contributed by atoms with E-state index in [9.17, 15) is 9.59 Å². The minimum atomic E-state index is -0.107. The van der Waals surface area contributed by atoms with Gasteiger partial charge in [0.25, 0.3) is 0 Å². The molecule has 0 fully saturated rings. The van der Waals surface area contributed by atoms with Crippen molar-refractivity contribution in [3.8, 4) is 0 Å². The molecule has 2 N–H and O–H groups in total. The number of hydrogen-bond donors (Lipinski definition) is 2. The van der Waals surface area contributed by atoms with E-state index in [2.05, 4.69) is 15.6 Å². The molecule has 1 aliphatic rings. The molecule has 0 saturated heterocycles. The summed E-state index contributed by atoms with van der Waals surface area (Å²) in [5.74, 6) is 0.502. The molecule has 1 aliphatic heterocycles. The minimum Gasteiger partial charge on any atom is -0.325 e. The summed E-state index contributed by atoms with van der Waals surface area (Å²) in [7, 11) is 0. The normalized spacial score (nSPS) is 13.8. The van der Waals surface area contributed by atoms with Crippen LogP contribution < -0.4 is 10.6 Å². The number of carbonyl (C=O) groups is 2. The molecule has 1 aromatic heterocycles. The zero-order valence-corrected chi connectivity index (χ0v) is 18.7. The predicted molar refractivity (Wildman–Crippen MR) is 124 cm³/mol. The van der Waals surface area contributed by atoms with E-state index < -0.39 is 0 Å². The molecule has 3 amide bonds. The Morgan fingerprint density at radius 2 is 2.03 bits per heavy atom. The third kappa shape index (κ3) is 7.59. The quantitative estimate of drug-likeness (QED) is 0.221. The maximum atomic E-state index is 12.5. The highest BCUT2D eigenvalue weighted by Gasteiger charge is 2.20. The Morgan fingerprint density at radius 3 is 2.73 bits per heavy atom. The Morgan fingerprint density at radius 1 is 1.20 bits per heavy atom. The number of benzene rings is 1. The highest BCUT2D eigenvalue weighted by molar-refractivity contribution is 8.00.